The van der Waals surface area contributed by atoms with Crippen molar-refractivity contribution in [2.75, 3.05) is 0 Å². The van der Waals surface area contributed by atoms with Gasteiger partial charge in [-0.1, -0.05) is 176 Å². The van der Waals surface area contributed by atoms with Crippen molar-refractivity contribution in [2.24, 2.45) is 0 Å². The lowest BCUT2D eigenvalue weighted by atomic mass is 9.96. The molecule has 0 atom stereocenters. The third-order valence-corrected chi connectivity index (χ3v) is 12.6. The Kier molecular flexibility index (Phi) is 6.87. The highest BCUT2D eigenvalue weighted by atomic mass is 32.1. The molecule has 0 aliphatic carbocycles. The van der Waals surface area contributed by atoms with Crippen molar-refractivity contribution in [1.29, 1.82) is 0 Å². The molecule has 0 unspecified atom stereocenters. The molecule has 280 valence electrons. The van der Waals surface area contributed by atoms with Gasteiger partial charge < -0.3 is 4.57 Å². The first-order valence-electron chi connectivity index (χ1n) is 22.3. The Bertz CT molecular complexity index is 3810. The summed E-state index contributed by atoms with van der Waals surface area (Å²) in [6.45, 7) is 0. The van der Waals surface area contributed by atoms with Crippen molar-refractivity contribution in [3.05, 3.63) is 206 Å². The van der Waals surface area contributed by atoms with E-state index in [1.807, 2.05) is 48.5 Å². The minimum absolute atomic E-state index is 0.00865. The SMILES string of the molecule is [2H]c1c([2H])c([2H])c(-c2nc(-c3cccc4ccccc34)nc(-c3cc(-n4c5ccccc5c5ccccc54)cc4c3sc3cccc(-c5ccc(-c6ccccc6)cc5)c34)n2)c([2H])c1[2H]. The van der Waals surface area contributed by atoms with Crippen LogP contribution in [0.5, 0.6) is 0 Å². The van der Waals surface area contributed by atoms with E-state index in [-0.39, 0.29) is 23.5 Å². The van der Waals surface area contributed by atoms with Crippen molar-refractivity contribution in [1.82, 2.24) is 19.5 Å². The van der Waals surface area contributed by atoms with Crippen LogP contribution in [0.15, 0.2) is 206 Å². The van der Waals surface area contributed by atoms with E-state index in [1.165, 1.54) is 0 Å². The van der Waals surface area contributed by atoms with Crippen LogP contribution in [0.25, 0.3) is 115 Å². The predicted molar refractivity (Wildman–Crippen MR) is 252 cm³/mol. The normalized spacial score (nSPS) is 12.8. The van der Waals surface area contributed by atoms with E-state index in [1.54, 1.807) is 11.3 Å². The molecule has 4 nitrogen and oxygen atoms in total. The number of benzene rings is 9. The van der Waals surface area contributed by atoms with Crippen LogP contribution < -0.4 is 0 Å². The van der Waals surface area contributed by atoms with E-state index in [9.17, 15) is 0 Å². The third kappa shape index (κ3) is 5.63. The van der Waals surface area contributed by atoms with Gasteiger partial charge in [0.15, 0.2) is 17.5 Å². The van der Waals surface area contributed by atoms with Crippen LogP contribution in [0.1, 0.15) is 6.85 Å². The maximum absolute atomic E-state index is 9.03. The third-order valence-electron chi connectivity index (χ3n) is 11.4. The zero-order chi connectivity index (χ0) is 43.9. The Morgan fingerprint density at radius 2 is 1.00 bits per heavy atom. The van der Waals surface area contributed by atoms with Gasteiger partial charge in [0.25, 0.3) is 0 Å². The molecule has 5 heteroatoms. The van der Waals surface area contributed by atoms with Crippen molar-refractivity contribution < 1.29 is 6.85 Å². The summed E-state index contributed by atoms with van der Waals surface area (Å²) in [6, 6.07) is 58.5. The molecule has 3 heterocycles. The smallest absolute Gasteiger partial charge is 0.165 e. The summed E-state index contributed by atoms with van der Waals surface area (Å²) in [6.07, 6.45) is 0. The summed E-state index contributed by atoms with van der Waals surface area (Å²) in [5, 5.41) is 6.26. The Hall–Kier alpha value is -7.73. The van der Waals surface area contributed by atoms with Crippen LogP contribution in [0.4, 0.5) is 0 Å². The quantitative estimate of drug-likeness (QED) is 0.169. The lowest BCUT2D eigenvalue weighted by Gasteiger charge is -2.14. The highest BCUT2D eigenvalue weighted by Gasteiger charge is 2.22. The second-order valence-corrected chi connectivity index (χ2v) is 15.8. The van der Waals surface area contributed by atoms with Gasteiger partial charge in [-0.3, -0.25) is 0 Å². The highest BCUT2D eigenvalue weighted by Crippen LogP contribution is 2.46. The van der Waals surface area contributed by atoms with Gasteiger partial charge in [-0.05, 0) is 63.4 Å². The van der Waals surface area contributed by atoms with E-state index in [2.05, 4.69) is 132 Å². The second kappa shape index (κ2) is 14.0. The molecule has 12 aromatic rings. The number of nitrogens with zero attached hydrogens (tertiary/aromatic N) is 4. The Labute approximate surface area is 357 Å². The number of hydrogen-bond donors (Lipinski definition) is 0. The minimum Gasteiger partial charge on any atom is -0.309 e. The van der Waals surface area contributed by atoms with Crippen molar-refractivity contribution in [3.63, 3.8) is 0 Å². The van der Waals surface area contributed by atoms with Crippen molar-refractivity contribution in [3.8, 4) is 62.1 Å². The summed E-state index contributed by atoms with van der Waals surface area (Å²) in [5.74, 6) is 0.632. The Morgan fingerprint density at radius 1 is 0.417 bits per heavy atom. The number of aromatic nitrogens is 4. The molecule has 0 aliphatic heterocycles. The van der Waals surface area contributed by atoms with Gasteiger partial charge in [0.1, 0.15) is 0 Å². The van der Waals surface area contributed by atoms with Crippen molar-refractivity contribution >= 4 is 64.1 Å². The summed E-state index contributed by atoms with van der Waals surface area (Å²) >= 11 is 1.66. The fourth-order valence-electron chi connectivity index (χ4n) is 8.63. The fourth-order valence-corrected chi connectivity index (χ4v) is 9.85. The Morgan fingerprint density at radius 3 is 1.77 bits per heavy atom. The van der Waals surface area contributed by atoms with E-state index >= 15 is 0 Å². The van der Waals surface area contributed by atoms with E-state index in [0.29, 0.717) is 11.6 Å². The van der Waals surface area contributed by atoms with Crippen LogP contribution in [0, 0.1) is 0 Å². The molecule has 3 aromatic heterocycles. The minimum atomic E-state index is -0.483. The van der Waals surface area contributed by atoms with Gasteiger partial charge in [-0.25, -0.2) is 15.0 Å². The van der Waals surface area contributed by atoms with Crippen molar-refractivity contribution in [2.45, 2.75) is 0 Å². The number of thiophene rings is 1. The van der Waals surface area contributed by atoms with Crippen LogP contribution in [0.3, 0.4) is 0 Å². The molecule has 0 saturated carbocycles. The van der Waals surface area contributed by atoms with Gasteiger partial charge >= 0.3 is 0 Å². The molecule has 0 fully saturated rings. The van der Waals surface area contributed by atoms with Crippen LogP contribution >= 0.6 is 11.3 Å². The van der Waals surface area contributed by atoms with Gasteiger partial charge in [0, 0.05) is 53.3 Å². The number of rotatable bonds is 6. The second-order valence-electron chi connectivity index (χ2n) is 14.8. The van der Waals surface area contributed by atoms with E-state index in [4.69, 9.17) is 21.8 Å². The number of para-hydroxylation sites is 2. The maximum atomic E-state index is 9.03. The molecule has 12 rings (SSSR count). The zero-order valence-corrected chi connectivity index (χ0v) is 32.8. The van der Waals surface area contributed by atoms with E-state index < -0.39 is 18.1 Å². The summed E-state index contributed by atoms with van der Waals surface area (Å²) in [4.78, 5) is 15.3. The van der Waals surface area contributed by atoms with Crippen LogP contribution in [0.2, 0.25) is 0 Å². The van der Waals surface area contributed by atoms with Crippen LogP contribution in [-0.2, 0) is 0 Å². The molecule has 0 amide bonds. The number of fused-ring (bicyclic) bond motifs is 7. The van der Waals surface area contributed by atoms with Crippen LogP contribution in [-0.4, -0.2) is 19.5 Å². The first-order chi connectivity index (χ1) is 31.8. The lowest BCUT2D eigenvalue weighted by molar-refractivity contribution is 1.08. The molecule has 0 saturated heterocycles. The molecular weight excluding hydrogens is 749 g/mol. The molecule has 0 radical (unpaired) electrons. The molecule has 9 aromatic carbocycles. The average Bonchev–Trinajstić information content (AvgIpc) is 3.91. The lowest BCUT2D eigenvalue weighted by Crippen LogP contribution is -2.02. The molecular formula is C55H34N4S. The summed E-state index contributed by atoms with van der Waals surface area (Å²) in [5.41, 5.74) is 8.82. The average molecular weight is 788 g/mol. The fraction of sp³-hybridized carbons (Fsp3) is 0. The summed E-state index contributed by atoms with van der Waals surface area (Å²) in [7, 11) is 0. The maximum Gasteiger partial charge on any atom is 0.165 e. The Balaban J connectivity index is 1.19. The standard InChI is InChI=1S/C55H34N4S/c1-3-15-35(16-4-1)36-29-31-38(32-30-36)42-24-14-28-50-51(42)46-33-40(59-48-26-11-9-22-43(48)44-23-10-12-27-49(44)59)34-47(52(46)60-50)55-57-53(39-18-5-2-6-19-39)56-54(58-55)45-25-13-20-37-17-7-8-21-41(37)45/h1-34H/i2D,5D,6D,18D,19D. The molecule has 0 N–H and O–H groups in total. The topological polar surface area (TPSA) is 43.6 Å². The molecule has 0 bridgehead atoms. The molecule has 60 heavy (non-hydrogen) atoms. The van der Waals surface area contributed by atoms with Gasteiger partial charge in [-0.2, -0.15) is 0 Å². The molecule has 0 aliphatic rings. The monoisotopic (exact) mass is 787 g/mol. The van der Waals surface area contributed by atoms with E-state index in [0.717, 1.165) is 91.8 Å². The first kappa shape index (κ1) is 29.5. The van der Waals surface area contributed by atoms with Gasteiger partial charge in [-0.15, -0.1) is 11.3 Å². The summed E-state index contributed by atoms with van der Waals surface area (Å²) < 4.78 is 48.0. The first-order valence-corrected chi connectivity index (χ1v) is 20.6. The highest BCUT2D eigenvalue weighted by molar-refractivity contribution is 7.26. The largest absolute Gasteiger partial charge is 0.309 e. The van der Waals surface area contributed by atoms with Gasteiger partial charge in [0.2, 0.25) is 0 Å². The zero-order valence-electron chi connectivity index (χ0n) is 36.9. The molecule has 0 spiro atoms. The number of hydrogen-bond acceptors (Lipinski definition) is 4. The van der Waals surface area contributed by atoms with Gasteiger partial charge in [0.05, 0.1) is 17.9 Å². The predicted octanol–water partition coefficient (Wildman–Crippen LogP) is 14.8.